The summed E-state index contributed by atoms with van der Waals surface area (Å²) >= 11 is 0. The summed E-state index contributed by atoms with van der Waals surface area (Å²) in [6, 6.07) is -1.20. The minimum absolute atomic E-state index is 0.101. The lowest BCUT2D eigenvalue weighted by molar-refractivity contribution is -0.142. The molecule has 1 amide bonds. The van der Waals surface area contributed by atoms with E-state index in [0.717, 1.165) is 6.26 Å². The number of sulfone groups is 1. The molecule has 4 N–H and O–H groups in total. The first-order valence-electron chi connectivity index (χ1n) is 5.08. The monoisotopic (exact) mass is 266 g/mol. The van der Waals surface area contributed by atoms with Gasteiger partial charge in [0.25, 0.3) is 0 Å². The van der Waals surface area contributed by atoms with Gasteiger partial charge in [0, 0.05) is 18.7 Å². The van der Waals surface area contributed by atoms with Crippen LogP contribution in [0.2, 0.25) is 0 Å². The van der Waals surface area contributed by atoms with Crippen molar-refractivity contribution in [3.8, 4) is 0 Å². The lowest BCUT2D eigenvalue weighted by atomic mass is 10.1. The van der Waals surface area contributed by atoms with Crippen LogP contribution < -0.4 is 11.1 Å². The molecular formula is C9H18N2O5S. The summed E-state index contributed by atoms with van der Waals surface area (Å²) in [5.74, 6) is -2.55. The molecule has 0 aliphatic heterocycles. The molecule has 0 radical (unpaired) electrons. The maximum Gasteiger partial charge on any atom is 0.326 e. The second-order valence-electron chi connectivity index (χ2n) is 3.95. The average molecular weight is 266 g/mol. The highest BCUT2D eigenvalue weighted by Crippen LogP contribution is 2.00. The van der Waals surface area contributed by atoms with Crippen LogP contribution in [0.25, 0.3) is 0 Å². The SMILES string of the molecule is CC(CN)C(=O)NC(CCS(C)(=O)=O)C(=O)O. The van der Waals surface area contributed by atoms with Gasteiger partial charge in [-0.3, -0.25) is 4.79 Å². The summed E-state index contributed by atoms with van der Waals surface area (Å²) in [7, 11) is -3.25. The average Bonchev–Trinajstić information content (AvgIpc) is 2.20. The molecular weight excluding hydrogens is 248 g/mol. The number of nitrogens with one attached hydrogen (secondary N) is 1. The molecule has 0 aromatic carbocycles. The van der Waals surface area contributed by atoms with Gasteiger partial charge in [-0.1, -0.05) is 6.92 Å². The van der Waals surface area contributed by atoms with Crippen LogP contribution in [-0.4, -0.2) is 50.0 Å². The van der Waals surface area contributed by atoms with Gasteiger partial charge in [-0.2, -0.15) is 0 Å². The highest BCUT2D eigenvalue weighted by atomic mass is 32.2. The van der Waals surface area contributed by atoms with Gasteiger partial charge in [0.15, 0.2) is 0 Å². The number of carboxylic acid groups (broad SMARTS) is 1. The molecule has 0 fully saturated rings. The van der Waals surface area contributed by atoms with Gasteiger partial charge >= 0.3 is 5.97 Å². The molecule has 0 aromatic rings. The van der Waals surface area contributed by atoms with Crippen LogP contribution in [-0.2, 0) is 19.4 Å². The summed E-state index contributed by atoms with van der Waals surface area (Å²) in [5.41, 5.74) is 5.26. The minimum Gasteiger partial charge on any atom is -0.480 e. The number of carbonyl (C=O) groups is 2. The summed E-state index contributed by atoms with van der Waals surface area (Å²) in [6.45, 7) is 1.66. The molecule has 100 valence electrons. The van der Waals surface area contributed by atoms with E-state index in [-0.39, 0.29) is 18.7 Å². The van der Waals surface area contributed by atoms with Gasteiger partial charge in [-0.25, -0.2) is 13.2 Å². The Balaban J connectivity index is 4.46. The van der Waals surface area contributed by atoms with E-state index in [1.807, 2.05) is 0 Å². The summed E-state index contributed by atoms with van der Waals surface area (Å²) in [5, 5.41) is 11.1. The van der Waals surface area contributed by atoms with E-state index in [9.17, 15) is 18.0 Å². The molecule has 0 aliphatic rings. The van der Waals surface area contributed by atoms with Crippen molar-refractivity contribution in [2.24, 2.45) is 11.7 Å². The topological polar surface area (TPSA) is 127 Å². The summed E-state index contributed by atoms with van der Waals surface area (Å²) in [4.78, 5) is 22.2. The van der Waals surface area contributed by atoms with Crippen LogP contribution in [0.1, 0.15) is 13.3 Å². The highest BCUT2D eigenvalue weighted by Gasteiger charge is 2.23. The van der Waals surface area contributed by atoms with Crippen LogP contribution in [0.4, 0.5) is 0 Å². The Hall–Kier alpha value is -1.15. The van der Waals surface area contributed by atoms with E-state index < -0.39 is 33.7 Å². The fraction of sp³-hybridized carbons (Fsp3) is 0.778. The number of hydrogen-bond donors (Lipinski definition) is 3. The zero-order chi connectivity index (χ0) is 13.6. The minimum atomic E-state index is -3.25. The number of amides is 1. The standard InChI is InChI=1S/C9H18N2O5S/c1-6(5-10)8(12)11-7(9(13)14)3-4-17(2,15)16/h6-7H,3-5,10H2,1-2H3,(H,11,12)(H,13,14). The molecule has 8 heteroatoms. The Morgan fingerprint density at radius 2 is 1.94 bits per heavy atom. The maximum absolute atomic E-state index is 11.4. The van der Waals surface area contributed by atoms with E-state index in [2.05, 4.69) is 5.32 Å². The first-order valence-corrected chi connectivity index (χ1v) is 7.14. The van der Waals surface area contributed by atoms with Crippen molar-refractivity contribution in [2.75, 3.05) is 18.6 Å². The normalized spacial score (nSPS) is 15.0. The number of hydrogen-bond acceptors (Lipinski definition) is 5. The van der Waals surface area contributed by atoms with Crippen LogP contribution >= 0.6 is 0 Å². The molecule has 7 nitrogen and oxygen atoms in total. The molecule has 0 rings (SSSR count). The van der Waals surface area contributed by atoms with Gasteiger partial charge in [-0.05, 0) is 6.42 Å². The second kappa shape index (κ2) is 6.55. The molecule has 17 heavy (non-hydrogen) atoms. The molecule has 0 heterocycles. The molecule has 0 aromatic heterocycles. The fourth-order valence-corrected chi connectivity index (χ4v) is 1.67. The number of carboxylic acids is 1. The van der Waals surface area contributed by atoms with Gasteiger partial charge in [0.05, 0.1) is 5.75 Å². The lowest BCUT2D eigenvalue weighted by Gasteiger charge is -2.16. The van der Waals surface area contributed by atoms with Crippen molar-refractivity contribution in [3.05, 3.63) is 0 Å². The van der Waals surface area contributed by atoms with Crippen molar-refractivity contribution in [2.45, 2.75) is 19.4 Å². The zero-order valence-electron chi connectivity index (χ0n) is 9.84. The Bertz CT molecular complexity index is 379. The predicted molar refractivity (Wildman–Crippen MR) is 62.1 cm³/mol. The van der Waals surface area contributed by atoms with Crippen molar-refractivity contribution < 1.29 is 23.1 Å². The molecule has 0 saturated heterocycles. The molecule has 2 atom stereocenters. The first-order chi connectivity index (χ1) is 7.67. The molecule has 2 unspecified atom stereocenters. The Labute approximate surface area is 100 Å². The van der Waals surface area contributed by atoms with Crippen molar-refractivity contribution >= 4 is 21.7 Å². The van der Waals surface area contributed by atoms with E-state index in [4.69, 9.17) is 10.8 Å². The Morgan fingerprint density at radius 1 is 1.41 bits per heavy atom. The van der Waals surface area contributed by atoms with E-state index in [1.165, 1.54) is 0 Å². The number of rotatable bonds is 7. The van der Waals surface area contributed by atoms with Crippen molar-refractivity contribution in [3.63, 3.8) is 0 Å². The molecule has 0 saturated carbocycles. The molecule has 0 spiro atoms. The number of nitrogens with two attached hydrogens (primary N) is 1. The van der Waals surface area contributed by atoms with Crippen LogP contribution in [0.15, 0.2) is 0 Å². The van der Waals surface area contributed by atoms with Crippen LogP contribution in [0.3, 0.4) is 0 Å². The first kappa shape index (κ1) is 15.9. The lowest BCUT2D eigenvalue weighted by Crippen LogP contribution is -2.45. The van der Waals surface area contributed by atoms with Gasteiger partial charge in [-0.15, -0.1) is 0 Å². The summed E-state index contributed by atoms with van der Waals surface area (Å²) < 4.78 is 21.8. The van der Waals surface area contributed by atoms with Crippen molar-refractivity contribution in [1.29, 1.82) is 0 Å². The third kappa shape index (κ3) is 6.90. The quantitative estimate of drug-likeness (QED) is 0.519. The Morgan fingerprint density at radius 3 is 2.29 bits per heavy atom. The number of carbonyl (C=O) groups excluding carboxylic acids is 1. The molecule has 0 bridgehead atoms. The smallest absolute Gasteiger partial charge is 0.326 e. The van der Waals surface area contributed by atoms with E-state index >= 15 is 0 Å². The van der Waals surface area contributed by atoms with Gasteiger partial charge < -0.3 is 16.2 Å². The molecule has 0 aliphatic carbocycles. The van der Waals surface area contributed by atoms with Crippen LogP contribution in [0.5, 0.6) is 0 Å². The largest absolute Gasteiger partial charge is 0.480 e. The fourth-order valence-electron chi connectivity index (χ4n) is 1.01. The zero-order valence-corrected chi connectivity index (χ0v) is 10.7. The van der Waals surface area contributed by atoms with Gasteiger partial charge in [0.1, 0.15) is 15.9 Å². The number of aliphatic carboxylic acids is 1. The second-order valence-corrected chi connectivity index (χ2v) is 6.21. The highest BCUT2D eigenvalue weighted by molar-refractivity contribution is 7.90. The maximum atomic E-state index is 11.4. The van der Waals surface area contributed by atoms with Crippen molar-refractivity contribution in [1.82, 2.24) is 5.32 Å². The Kier molecular flexibility index (Phi) is 6.11. The summed E-state index contributed by atoms with van der Waals surface area (Å²) in [6.07, 6.45) is 0.855. The third-order valence-electron chi connectivity index (χ3n) is 2.19. The van der Waals surface area contributed by atoms with E-state index in [1.54, 1.807) is 6.92 Å². The third-order valence-corrected chi connectivity index (χ3v) is 3.17. The predicted octanol–water partition coefficient (Wildman–Crippen LogP) is -1.41. The van der Waals surface area contributed by atoms with Crippen LogP contribution in [0, 0.1) is 5.92 Å². The van der Waals surface area contributed by atoms with E-state index in [0.29, 0.717) is 0 Å². The van der Waals surface area contributed by atoms with Gasteiger partial charge in [0.2, 0.25) is 5.91 Å².